The van der Waals surface area contributed by atoms with Crippen molar-refractivity contribution >= 4 is 11.8 Å². The van der Waals surface area contributed by atoms with Crippen LogP contribution in [-0.4, -0.2) is 22.5 Å². The molecule has 0 aliphatic rings. The Kier molecular flexibility index (Phi) is 5.00. The van der Waals surface area contributed by atoms with Crippen molar-refractivity contribution in [2.45, 2.75) is 26.4 Å². The van der Waals surface area contributed by atoms with Crippen molar-refractivity contribution in [3.05, 3.63) is 66.2 Å². The normalized spacial score (nSPS) is 11.0. The maximum Gasteiger partial charge on any atom is 0.338 e. The minimum absolute atomic E-state index is 0.330. The molecule has 2 aromatic rings. The van der Waals surface area contributed by atoms with Gasteiger partial charge in [0.2, 0.25) is 0 Å². The summed E-state index contributed by atoms with van der Waals surface area (Å²) in [5.74, 6) is -0.382. The second-order valence-corrected chi connectivity index (χ2v) is 6.16. The molecule has 0 aliphatic heterocycles. The molecule has 4 heteroatoms. The average Bonchev–Trinajstić information content (AvgIpc) is 2.54. The second kappa shape index (κ2) is 6.81. The van der Waals surface area contributed by atoms with E-state index in [1.54, 1.807) is 49.4 Å². The molecule has 2 aromatic carbocycles. The molecule has 0 saturated carbocycles. The summed E-state index contributed by atoms with van der Waals surface area (Å²) in [7, 11) is 0. The van der Waals surface area contributed by atoms with Crippen molar-refractivity contribution in [2.24, 2.45) is 0 Å². The minimum atomic E-state index is -1.42. The lowest BCUT2D eigenvalue weighted by Gasteiger charge is -2.16. The number of hydrogen-bond donors (Lipinski definition) is 1. The van der Waals surface area contributed by atoms with Crippen LogP contribution in [0.25, 0.3) is 11.1 Å². The smallest absolute Gasteiger partial charge is 0.338 e. The molecule has 0 spiro atoms. The highest BCUT2D eigenvalue weighted by Gasteiger charge is 2.25. The predicted molar refractivity (Wildman–Crippen MR) is 93.0 cm³/mol. The van der Waals surface area contributed by atoms with E-state index in [4.69, 9.17) is 4.74 Å². The first-order valence-corrected chi connectivity index (χ1v) is 7.54. The number of hydrogen-bond acceptors (Lipinski definition) is 4. The molecular formula is C20H20O4. The summed E-state index contributed by atoms with van der Waals surface area (Å²) < 4.78 is 5.15. The highest BCUT2D eigenvalue weighted by molar-refractivity contribution is 6.02. The first-order chi connectivity index (χ1) is 11.2. The Morgan fingerprint density at radius 3 is 2.21 bits per heavy atom. The summed E-state index contributed by atoms with van der Waals surface area (Å²) in [6, 6.07) is 14.0. The third kappa shape index (κ3) is 4.18. The first-order valence-electron chi connectivity index (χ1n) is 7.54. The summed E-state index contributed by atoms with van der Waals surface area (Å²) in [4.78, 5) is 23.7. The van der Waals surface area contributed by atoms with E-state index in [9.17, 15) is 14.7 Å². The molecule has 0 fully saturated rings. The molecule has 0 bridgehead atoms. The lowest BCUT2D eigenvalue weighted by atomic mass is 9.94. The summed E-state index contributed by atoms with van der Waals surface area (Å²) in [5.41, 5.74) is 1.06. The van der Waals surface area contributed by atoms with Gasteiger partial charge in [-0.25, -0.2) is 4.79 Å². The summed E-state index contributed by atoms with van der Waals surface area (Å²) in [6.45, 7) is 8.05. The van der Waals surface area contributed by atoms with Gasteiger partial charge in [0.05, 0.1) is 0 Å². The fourth-order valence-electron chi connectivity index (χ4n) is 2.10. The van der Waals surface area contributed by atoms with Gasteiger partial charge in [-0.05, 0) is 50.1 Å². The van der Waals surface area contributed by atoms with Gasteiger partial charge in [0.15, 0.2) is 5.78 Å². The predicted octanol–water partition coefficient (Wildman–Crippen LogP) is 3.79. The molecule has 0 radical (unpaired) electrons. The van der Waals surface area contributed by atoms with Crippen LogP contribution < -0.4 is 4.74 Å². The molecule has 4 nitrogen and oxygen atoms in total. The third-order valence-corrected chi connectivity index (χ3v) is 3.43. The zero-order valence-corrected chi connectivity index (χ0v) is 14.0. The van der Waals surface area contributed by atoms with Gasteiger partial charge in [0.1, 0.15) is 11.4 Å². The molecule has 0 unspecified atom stereocenters. The van der Waals surface area contributed by atoms with E-state index in [1.807, 2.05) is 6.07 Å². The number of ether oxygens (including phenoxy) is 1. The van der Waals surface area contributed by atoms with Crippen LogP contribution in [0.4, 0.5) is 0 Å². The number of aliphatic hydroxyl groups is 1. The number of benzene rings is 2. The van der Waals surface area contributed by atoms with Crippen LogP contribution in [0.2, 0.25) is 0 Å². The van der Waals surface area contributed by atoms with Crippen molar-refractivity contribution in [1.29, 1.82) is 0 Å². The molecule has 0 heterocycles. The molecule has 0 amide bonds. The molecule has 1 N–H and O–H groups in total. The van der Waals surface area contributed by atoms with Crippen LogP contribution in [0.1, 0.15) is 31.1 Å². The van der Waals surface area contributed by atoms with Gasteiger partial charge < -0.3 is 9.84 Å². The lowest BCUT2D eigenvalue weighted by Crippen LogP contribution is -2.31. The first kappa shape index (κ1) is 17.6. The van der Waals surface area contributed by atoms with Crippen LogP contribution in [0.5, 0.6) is 5.75 Å². The molecule has 0 aliphatic carbocycles. The Bertz CT molecular complexity index is 780. The van der Waals surface area contributed by atoms with Crippen molar-refractivity contribution in [1.82, 2.24) is 0 Å². The zero-order valence-electron chi connectivity index (χ0n) is 14.0. The SMILES string of the molecule is C=C(C)C(=O)Oc1ccc(-c2cccc(C(=O)C(C)(C)O)c2)cc1. The number of esters is 1. The highest BCUT2D eigenvalue weighted by atomic mass is 16.5. The van der Waals surface area contributed by atoms with Crippen LogP contribution in [-0.2, 0) is 4.79 Å². The second-order valence-electron chi connectivity index (χ2n) is 6.16. The largest absolute Gasteiger partial charge is 0.423 e. The highest BCUT2D eigenvalue weighted by Crippen LogP contribution is 2.25. The van der Waals surface area contributed by atoms with E-state index in [-0.39, 0.29) is 5.78 Å². The van der Waals surface area contributed by atoms with E-state index in [0.29, 0.717) is 16.9 Å². The Morgan fingerprint density at radius 2 is 1.67 bits per heavy atom. The summed E-state index contributed by atoms with van der Waals surface area (Å²) in [5, 5.41) is 9.86. The van der Waals surface area contributed by atoms with Gasteiger partial charge in [0, 0.05) is 11.1 Å². The molecule has 0 atom stereocenters. The number of carbonyl (C=O) groups is 2. The topological polar surface area (TPSA) is 63.6 Å². The van der Waals surface area contributed by atoms with Crippen LogP contribution >= 0.6 is 0 Å². The standard InChI is InChI=1S/C20H20O4/c1-13(2)19(22)24-17-10-8-14(9-11-17)15-6-5-7-16(12-15)18(21)20(3,4)23/h5-12,23H,1H2,2-4H3. The summed E-state index contributed by atoms with van der Waals surface area (Å²) in [6.07, 6.45) is 0. The maximum absolute atomic E-state index is 12.2. The van der Waals surface area contributed by atoms with E-state index in [0.717, 1.165) is 11.1 Å². The van der Waals surface area contributed by atoms with E-state index >= 15 is 0 Å². The van der Waals surface area contributed by atoms with Crippen molar-refractivity contribution in [3.63, 3.8) is 0 Å². The van der Waals surface area contributed by atoms with Gasteiger partial charge in [-0.15, -0.1) is 0 Å². The zero-order chi connectivity index (χ0) is 17.9. The van der Waals surface area contributed by atoms with Crippen molar-refractivity contribution in [3.8, 4) is 16.9 Å². The minimum Gasteiger partial charge on any atom is -0.423 e. The van der Waals surface area contributed by atoms with Crippen LogP contribution in [0.15, 0.2) is 60.7 Å². The number of rotatable bonds is 5. The maximum atomic E-state index is 12.2. The van der Waals surface area contributed by atoms with Gasteiger partial charge in [-0.1, -0.05) is 36.9 Å². The Balaban J connectivity index is 2.25. The number of ketones is 1. The van der Waals surface area contributed by atoms with E-state index < -0.39 is 11.6 Å². The van der Waals surface area contributed by atoms with Gasteiger partial charge in [-0.2, -0.15) is 0 Å². The van der Waals surface area contributed by atoms with Gasteiger partial charge in [0.25, 0.3) is 0 Å². The quantitative estimate of drug-likeness (QED) is 0.393. The number of carbonyl (C=O) groups excluding carboxylic acids is 2. The number of Topliss-reactive ketones (excluding diaryl/α,β-unsaturated/α-hetero) is 1. The average molecular weight is 324 g/mol. The summed E-state index contributed by atoms with van der Waals surface area (Å²) >= 11 is 0. The molecule has 2 rings (SSSR count). The monoisotopic (exact) mass is 324 g/mol. The molecule has 124 valence electrons. The lowest BCUT2D eigenvalue weighted by molar-refractivity contribution is -0.130. The molecular weight excluding hydrogens is 304 g/mol. The van der Waals surface area contributed by atoms with Gasteiger partial charge in [-0.3, -0.25) is 4.79 Å². The molecule has 0 aromatic heterocycles. The van der Waals surface area contributed by atoms with E-state index in [2.05, 4.69) is 6.58 Å². The van der Waals surface area contributed by atoms with Crippen molar-refractivity contribution in [2.75, 3.05) is 0 Å². The van der Waals surface area contributed by atoms with Gasteiger partial charge >= 0.3 is 5.97 Å². The Hall–Kier alpha value is -2.72. The fraction of sp³-hybridized carbons (Fsp3) is 0.200. The Labute approximate surface area is 141 Å². The fourth-order valence-corrected chi connectivity index (χ4v) is 2.10. The van der Waals surface area contributed by atoms with E-state index in [1.165, 1.54) is 13.8 Å². The molecule has 0 saturated heterocycles. The van der Waals surface area contributed by atoms with Crippen LogP contribution in [0, 0.1) is 0 Å². The van der Waals surface area contributed by atoms with Crippen LogP contribution in [0.3, 0.4) is 0 Å². The molecule has 24 heavy (non-hydrogen) atoms. The third-order valence-electron chi connectivity index (χ3n) is 3.43. The van der Waals surface area contributed by atoms with Crippen molar-refractivity contribution < 1.29 is 19.4 Å². The Morgan fingerprint density at radius 1 is 1.04 bits per heavy atom.